The molecule has 19 heavy (non-hydrogen) atoms. The van der Waals surface area contributed by atoms with Gasteiger partial charge in [-0.2, -0.15) is 0 Å². The molecule has 0 heteroatoms. The lowest BCUT2D eigenvalue weighted by atomic mass is 9.94. The summed E-state index contributed by atoms with van der Waals surface area (Å²) in [6.45, 7) is 10.2. The highest BCUT2D eigenvalue weighted by atomic mass is 14.1. The highest BCUT2D eigenvalue weighted by Gasteiger charge is 2.04. The quantitative estimate of drug-likeness (QED) is 0.276. The van der Waals surface area contributed by atoms with Crippen molar-refractivity contribution in [2.45, 2.75) is 103 Å². The molecule has 0 N–H and O–H groups in total. The molecule has 0 bridgehead atoms. The normalized spacial score (nSPS) is 12.8. The molecule has 0 nitrogen and oxygen atoms in total. The standard InChI is InChI=1S/C19H38/c1-4-7-8-9-10-11-12-13-14-15-16-18-19(6-3)17-5-2/h19H,1-2,4-18H2,3H3. The average Bonchev–Trinajstić information content (AvgIpc) is 2.43. The van der Waals surface area contributed by atoms with Crippen molar-refractivity contribution in [2.75, 3.05) is 0 Å². The molecule has 0 aromatic heterocycles. The van der Waals surface area contributed by atoms with E-state index in [0.29, 0.717) is 0 Å². The van der Waals surface area contributed by atoms with Crippen LogP contribution in [0.3, 0.4) is 0 Å². The Kier molecular flexibility index (Phi) is 16.1. The SMILES string of the molecule is [CH2]CCCCCCCCCCCCC(CC)CC[CH2]. The van der Waals surface area contributed by atoms with Crippen molar-refractivity contribution < 1.29 is 0 Å². The molecule has 0 aliphatic rings. The molecule has 0 spiro atoms. The summed E-state index contributed by atoms with van der Waals surface area (Å²) in [6, 6.07) is 0. The molecule has 0 rings (SSSR count). The second kappa shape index (κ2) is 16.1. The van der Waals surface area contributed by atoms with Crippen LogP contribution in [0.4, 0.5) is 0 Å². The summed E-state index contributed by atoms with van der Waals surface area (Å²) in [7, 11) is 0. The van der Waals surface area contributed by atoms with E-state index in [1.807, 2.05) is 0 Å². The minimum atomic E-state index is 0.950. The van der Waals surface area contributed by atoms with Gasteiger partial charge in [0.1, 0.15) is 0 Å². The van der Waals surface area contributed by atoms with E-state index in [9.17, 15) is 0 Å². The molecule has 0 fully saturated rings. The summed E-state index contributed by atoms with van der Waals surface area (Å²) in [5.74, 6) is 0.950. The van der Waals surface area contributed by atoms with Gasteiger partial charge < -0.3 is 0 Å². The van der Waals surface area contributed by atoms with Crippen molar-refractivity contribution in [2.24, 2.45) is 5.92 Å². The van der Waals surface area contributed by atoms with Gasteiger partial charge in [0.05, 0.1) is 0 Å². The number of hydrogen-bond donors (Lipinski definition) is 0. The van der Waals surface area contributed by atoms with Crippen LogP contribution in [0.1, 0.15) is 103 Å². The van der Waals surface area contributed by atoms with E-state index in [2.05, 4.69) is 20.8 Å². The summed E-state index contributed by atoms with van der Waals surface area (Å²) in [4.78, 5) is 0. The largest absolute Gasteiger partial charge is 0.0651 e. The van der Waals surface area contributed by atoms with Crippen molar-refractivity contribution in [3.05, 3.63) is 13.8 Å². The van der Waals surface area contributed by atoms with Crippen LogP contribution < -0.4 is 0 Å². The van der Waals surface area contributed by atoms with Gasteiger partial charge in [-0.15, -0.1) is 0 Å². The van der Waals surface area contributed by atoms with Crippen molar-refractivity contribution in [3.8, 4) is 0 Å². The topological polar surface area (TPSA) is 0 Å². The average molecular weight is 267 g/mol. The highest BCUT2D eigenvalue weighted by Crippen LogP contribution is 2.19. The Bertz CT molecular complexity index is 150. The summed E-state index contributed by atoms with van der Waals surface area (Å²) in [5.41, 5.74) is 0. The molecule has 114 valence electrons. The summed E-state index contributed by atoms with van der Waals surface area (Å²) in [5, 5.41) is 0. The van der Waals surface area contributed by atoms with E-state index >= 15 is 0 Å². The molecule has 0 saturated heterocycles. The molecular formula is C19H38. The molecule has 0 aromatic carbocycles. The molecule has 1 unspecified atom stereocenters. The van der Waals surface area contributed by atoms with E-state index in [-0.39, 0.29) is 0 Å². The highest BCUT2D eigenvalue weighted by molar-refractivity contribution is 4.59. The Morgan fingerprint density at radius 2 is 1.05 bits per heavy atom. The first-order valence-electron chi connectivity index (χ1n) is 8.93. The Morgan fingerprint density at radius 3 is 1.47 bits per heavy atom. The third-order valence-corrected chi connectivity index (χ3v) is 4.30. The van der Waals surface area contributed by atoms with Crippen LogP contribution in [0.2, 0.25) is 0 Å². The van der Waals surface area contributed by atoms with Crippen molar-refractivity contribution in [1.82, 2.24) is 0 Å². The maximum atomic E-state index is 3.97. The van der Waals surface area contributed by atoms with E-state index in [1.54, 1.807) is 0 Å². The second-order valence-corrected chi connectivity index (χ2v) is 6.09. The third kappa shape index (κ3) is 14.2. The Labute approximate surface area is 123 Å². The number of rotatable bonds is 15. The van der Waals surface area contributed by atoms with Crippen LogP contribution in [0.15, 0.2) is 0 Å². The van der Waals surface area contributed by atoms with E-state index in [0.717, 1.165) is 18.8 Å². The van der Waals surface area contributed by atoms with Crippen molar-refractivity contribution in [1.29, 1.82) is 0 Å². The second-order valence-electron chi connectivity index (χ2n) is 6.09. The molecule has 0 aromatic rings. The van der Waals surface area contributed by atoms with Crippen LogP contribution in [0.5, 0.6) is 0 Å². The third-order valence-electron chi connectivity index (χ3n) is 4.30. The zero-order valence-electron chi connectivity index (χ0n) is 13.6. The van der Waals surface area contributed by atoms with Crippen LogP contribution >= 0.6 is 0 Å². The van der Waals surface area contributed by atoms with Crippen LogP contribution in [-0.2, 0) is 0 Å². The van der Waals surface area contributed by atoms with Gasteiger partial charge >= 0.3 is 0 Å². The molecule has 0 saturated carbocycles. The van der Waals surface area contributed by atoms with Gasteiger partial charge in [-0.1, -0.05) is 117 Å². The van der Waals surface area contributed by atoms with Gasteiger partial charge in [0, 0.05) is 0 Å². The first kappa shape index (κ1) is 19.0. The Balaban J connectivity index is 3.09. The number of unbranched alkanes of at least 4 members (excludes halogenated alkanes) is 10. The molecule has 0 aliphatic heterocycles. The fraction of sp³-hybridized carbons (Fsp3) is 0.895. The summed E-state index contributed by atoms with van der Waals surface area (Å²) >= 11 is 0. The van der Waals surface area contributed by atoms with E-state index in [4.69, 9.17) is 0 Å². The van der Waals surface area contributed by atoms with Gasteiger partial charge in [-0.3, -0.25) is 0 Å². The lowest BCUT2D eigenvalue weighted by molar-refractivity contribution is 0.413. The lowest BCUT2D eigenvalue weighted by Gasteiger charge is -2.12. The van der Waals surface area contributed by atoms with Gasteiger partial charge in [0.15, 0.2) is 0 Å². The Hall–Kier alpha value is 0. The Morgan fingerprint density at radius 1 is 0.579 bits per heavy atom. The first-order chi connectivity index (χ1) is 9.35. The minimum absolute atomic E-state index is 0.950. The first-order valence-corrected chi connectivity index (χ1v) is 8.93. The zero-order valence-corrected chi connectivity index (χ0v) is 13.6. The minimum Gasteiger partial charge on any atom is -0.0651 e. The summed E-state index contributed by atoms with van der Waals surface area (Å²) < 4.78 is 0. The fourth-order valence-electron chi connectivity index (χ4n) is 2.87. The smallest absolute Gasteiger partial charge is 0.0417 e. The fourth-order valence-corrected chi connectivity index (χ4v) is 2.87. The number of hydrogen-bond acceptors (Lipinski definition) is 0. The maximum Gasteiger partial charge on any atom is -0.0417 e. The van der Waals surface area contributed by atoms with Gasteiger partial charge in [-0.25, -0.2) is 0 Å². The van der Waals surface area contributed by atoms with Crippen LogP contribution in [0.25, 0.3) is 0 Å². The molecule has 0 heterocycles. The summed E-state index contributed by atoms with van der Waals surface area (Å²) in [6.07, 6.45) is 20.7. The van der Waals surface area contributed by atoms with Crippen LogP contribution in [0, 0.1) is 19.8 Å². The van der Waals surface area contributed by atoms with Gasteiger partial charge in [-0.05, 0) is 5.92 Å². The van der Waals surface area contributed by atoms with Crippen molar-refractivity contribution in [3.63, 3.8) is 0 Å². The monoisotopic (exact) mass is 266 g/mol. The van der Waals surface area contributed by atoms with E-state index in [1.165, 1.54) is 83.5 Å². The predicted octanol–water partition coefficient (Wildman–Crippen LogP) is 7.14. The van der Waals surface area contributed by atoms with Gasteiger partial charge in [0.2, 0.25) is 0 Å². The lowest BCUT2D eigenvalue weighted by Crippen LogP contribution is -1.98. The molecule has 0 amide bonds. The predicted molar refractivity (Wildman–Crippen MR) is 89.1 cm³/mol. The van der Waals surface area contributed by atoms with Crippen molar-refractivity contribution >= 4 is 0 Å². The van der Waals surface area contributed by atoms with Gasteiger partial charge in [0.25, 0.3) is 0 Å². The van der Waals surface area contributed by atoms with E-state index < -0.39 is 0 Å². The molecular weight excluding hydrogens is 228 g/mol. The van der Waals surface area contributed by atoms with Crippen LogP contribution in [-0.4, -0.2) is 0 Å². The zero-order chi connectivity index (χ0) is 14.2. The molecule has 2 radical (unpaired) electrons. The maximum absolute atomic E-state index is 3.97. The molecule has 1 atom stereocenters. The molecule has 0 aliphatic carbocycles.